The molecule has 1 aliphatic heterocycles. The summed E-state index contributed by atoms with van der Waals surface area (Å²) in [6.07, 6.45) is -8.68. The average molecular weight is 406 g/mol. The van der Waals surface area contributed by atoms with Gasteiger partial charge in [-0.25, -0.2) is 4.68 Å². The van der Waals surface area contributed by atoms with E-state index in [0.717, 1.165) is 13.1 Å². The van der Waals surface area contributed by atoms with E-state index in [1.165, 1.54) is 24.3 Å². The molecule has 1 amide bonds. The number of carbonyl (C=O) groups is 1. The highest BCUT2D eigenvalue weighted by Gasteiger charge is 2.42. The molecule has 0 radical (unpaired) electrons. The maximum atomic E-state index is 13.1. The molecule has 0 unspecified atom stereocenters. The lowest BCUT2D eigenvalue weighted by atomic mass is 9.97. The van der Waals surface area contributed by atoms with Crippen molar-refractivity contribution in [2.75, 3.05) is 18.4 Å². The first-order chi connectivity index (χ1) is 13.1. The number of nitrogens with zero attached hydrogens (tertiary/aromatic N) is 2. The third kappa shape index (κ3) is 4.46. The first kappa shape index (κ1) is 20.2. The Labute approximate surface area is 155 Å². The van der Waals surface area contributed by atoms with Crippen molar-refractivity contribution in [3.8, 4) is 5.69 Å². The monoisotopic (exact) mass is 406 g/mol. The molecule has 0 bridgehead atoms. The zero-order valence-electron chi connectivity index (χ0n) is 14.4. The van der Waals surface area contributed by atoms with Gasteiger partial charge in [-0.3, -0.25) is 4.79 Å². The average Bonchev–Trinajstić information content (AvgIpc) is 3.09. The smallest absolute Gasteiger partial charge is 0.326 e. The fourth-order valence-electron chi connectivity index (χ4n) is 2.93. The summed E-state index contributed by atoms with van der Waals surface area (Å²) in [7, 11) is 0. The van der Waals surface area contributed by atoms with Crippen molar-refractivity contribution < 1.29 is 31.1 Å². The highest BCUT2D eigenvalue weighted by molar-refractivity contribution is 5.92. The van der Waals surface area contributed by atoms with E-state index in [4.69, 9.17) is 0 Å². The van der Waals surface area contributed by atoms with E-state index in [1.807, 2.05) is 0 Å². The second-order valence-corrected chi connectivity index (χ2v) is 6.38. The molecule has 1 aromatic heterocycles. The quantitative estimate of drug-likeness (QED) is 0.762. The highest BCUT2D eigenvalue weighted by atomic mass is 19.4. The minimum absolute atomic E-state index is 0.0349. The Bertz CT molecular complexity index is 835. The molecule has 0 spiro atoms. The second-order valence-electron chi connectivity index (χ2n) is 6.38. The molecule has 0 saturated carbocycles. The summed E-state index contributed by atoms with van der Waals surface area (Å²) in [6, 6.07) is 4.94. The first-order valence-corrected chi connectivity index (χ1v) is 8.42. The Morgan fingerprint density at radius 1 is 1.04 bits per heavy atom. The molecule has 3 rings (SSSR count). The second kappa shape index (κ2) is 7.46. The zero-order valence-corrected chi connectivity index (χ0v) is 14.4. The van der Waals surface area contributed by atoms with Crippen LogP contribution < -0.4 is 10.6 Å². The number of rotatable bonds is 3. The Balaban J connectivity index is 1.83. The molecular weight excluding hydrogens is 390 g/mol. The molecule has 1 aliphatic rings. The summed E-state index contributed by atoms with van der Waals surface area (Å²) in [5.74, 6) is -0.373. The molecule has 1 aromatic carbocycles. The van der Waals surface area contributed by atoms with Gasteiger partial charge in [0.25, 0.3) is 0 Å². The van der Waals surface area contributed by atoms with Crippen molar-refractivity contribution >= 4 is 11.6 Å². The van der Waals surface area contributed by atoms with Gasteiger partial charge >= 0.3 is 12.4 Å². The number of benzene rings is 1. The third-order valence-electron chi connectivity index (χ3n) is 4.38. The van der Waals surface area contributed by atoms with Crippen LogP contribution in [0.25, 0.3) is 5.69 Å². The molecule has 152 valence electrons. The number of alkyl halides is 6. The summed E-state index contributed by atoms with van der Waals surface area (Å²) in [5.41, 5.74) is -3.04. The largest absolute Gasteiger partial charge is 0.435 e. The van der Waals surface area contributed by atoms with Gasteiger partial charge in [-0.15, -0.1) is 0 Å². The van der Waals surface area contributed by atoms with Gasteiger partial charge in [0.15, 0.2) is 5.69 Å². The summed E-state index contributed by atoms with van der Waals surface area (Å²) in [5, 5.41) is 8.85. The number of nitrogens with one attached hydrogen (secondary N) is 2. The van der Waals surface area contributed by atoms with E-state index in [-0.39, 0.29) is 28.3 Å². The molecule has 2 aromatic rings. The molecule has 2 heterocycles. The molecule has 5 nitrogen and oxygen atoms in total. The maximum Gasteiger partial charge on any atom is 0.435 e. The van der Waals surface area contributed by atoms with Crippen LogP contribution in [0, 0.1) is 5.92 Å². The third-order valence-corrected chi connectivity index (χ3v) is 4.38. The van der Waals surface area contributed by atoms with Crippen LogP contribution in [0.3, 0.4) is 0 Å². The number of carbonyl (C=O) groups excluding carboxylic acids is 1. The minimum atomic E-state index is -5.02. The van der Waals surface area contributed by atoms with Crippen LogP contribution in [0.15, 0.2) is 30.3 Å². The van der Waals surface area contributed by atoms with Crippen LogP contribution in [-0.2, 0) is 17.1 Å². The molecular formula is C17H16F6N4O. The van der Waals surface area contributed by atoms with Crippen LogP contribution in [0.1, 0.15) is 24.2 Å². The van der Waals surface area contributed by atoms with Crippen molar-refractivity contribution in [1.82, 2.24) is 15.1 Å². The van der Waals surface area contributed by atoms with Gasteiger partial charge in [0, 0.05) is 17.7 Å². The summed E-state index contributed by atoms with van der Waals surface area (Å²) < 4.78 is 77.8. The summed E-state index contributed by atoms with van der Waals surface area (Å²) in [6.45, 7) is 1.44. The van der Waals surface area contributed by atoms with Crippen molar-refractivity contribution in [2.45, 2.75) is 25.2 Å². The standard InChI is InChI=1S/C17H16F6N4O/c18-16(19,20)13-9-14(17(21,22)23)27(26-13)12-3-1-11(2-4-12)25-15(28)10-5-7-24-8-6-10/h1-4,9-10,24H,5-8H2,(H,25,28). The van der Waals surface area contributed by atoms with E-state index >= 15 is 0 Å². The molecule has 1 saturated heterocycles. The number of anilines is 1. The maximum absolute atomic E-state index is 13.1. The van der Waals surface area contributed by atoms with Crippen LogP contribution in [0.5, 0.6) is 0 Å². The lowest BCUT2D eigenvalue weighted by Crippen LogP contribution is -2.34. The Morgan fingerprint density at radius 3 is 2.18 bits per heavy atom. The summed E-state index contributed by atoms with van der Waals surface area (Å²) >= 11 is 0. The van der Waals surface area contributed by atoms with E-state index in [0.29, 0.717) is 18.5 Å². The fraction of sp³-hybridized carbons (Fsp3) is 0.412. The van der Waals surface area contributed by atoms with Crippen molar-refractivity contribution in [2.24, 2.45) is 5.92 Å². The molecule has 0 aliphatic carbocycles. The highest BCUT2D eigenvalue weighted by Crippen LogP contribution is 2.36. The number of aromatic nitrogens is 2. The fourth-order valence-corrected chi connectivity index (χ4v) is 2.93. The van der Waals surface area contributed by atoms with E-state index in [9.17, 15) is 31.1 Å². The summed E-state index contributed by atoms with van der Waals surface area (Å²) in [4.78, 5) is 12.2. The predicted molar refractivity (Wildman–Crippen MR) is 87.8 cm³/mol. The number of piperidine rings is 1. The Kier molecular flexibility index (Phi) is 5.37. The van der Waals surface area contributed by atoms with Gasteiger partial charge in [-0.2, -0.15) is 31.4 Å². The molecule has 1 fully saturated rings. The lowest BCUT2D eigenvalue weighted by molar-refractivity contribution is -0.143. The van der Waals surface area contributed by atoms with Gasteiger partial charge in [0.1, 0.15) is 5.69 Å². The molecule has 0 atom stereocenters. The number of hydrogen-bond donors (Lipinski definition) is 2. The Hall–Kier alpha value is -2.56. The van der Waals surface area contributed by atoms with E-state index in [1.54, 1.807) is 0 Å². The molecule has 2 N–H and O–H groups in total. The number of amides is 1. The minimum Gasteiger partial charge on any atom is -0.326 e. The molecule has 28 heavy (non-hydrogen) atoms. The van der Waals surface area contributed by atoms with E-state index < -0.39 is 23.7 Å². The topological polar surface area (TPSA) is 59.0 Å². The van der Waals surface area contributed by atoms with Crippen LogP contribution in [0.4, 0.5) is 32.0 Å². The van der Waals surface area contributed by atoms with Gasteiger partial charge in [-0.1, -0.05) is 0 Å². The molecule has 11 heteroatoms. The van der Waals surface area contributed by atoms with Crippen LogP contribution in [-0.4, -0.2) is 28.8 Å². The Morgan fingerprint density at radius 2 is 1.64 bits per heavy atom. The first-order valence-electron chi connectivity index (χ1n) is 8.42. The van der Waals surface area contributed by atoms with Crippen molar-refractivity contribution in [1.29, 1.82) is 0 Å². The van der Waals surface area contributed by atoms with Crippen molar-refractivity contribution in [3.05, 3.63) is 41.7 Å². The predicted octanol–water partition coefficient (Wildman–Crippen LogP) is 3.85. The van der Waals surface area contributed by atoms with Crippen LogP contribution in [0.2, 0.25) is 0 Å². The zero-order chi connectivity index (χ0) is 20.5. The lowest BCUT2D eigenvalue weighted by Gasteiger charge is -2.21. The van der Waals surface area contributed by atoms with Gasteiger partial charge < -0.3 is 10.6 Å². The van der Waals surface area contributed by atoms with Gasteiger partial charge in [0.2, 0.25) is 5.91 Å². The van der Waals surface area contributed by atoms with Crippen molar-refractivity contribution in [3.63, 3.8) is 0 Å². The number of halogens is 6. The van der Waals surface area contributed by atoms with Gasteiger partial charge in [-0.05, 0) is 50.2 Å². The normalized spacial score (nSPS) is 16.2. The van der Waals surface area contributed by atoms with Crippen LogP contribution >= 0.6 is 0 Å². The number of hydrogen-bond acceptors (Lipinski definition) is 3. The van der Waals surface area contributed by atoms with Gasteiger partial charge in [0.05, 0.1) is 5.69 Å². The SMILES string of the molecule is O=C(Nc1ccc(-n2nc(C(F)(F)F)cc2C(F)(F)F)cc1)C1CCNCC1. The van der Waals surface area contributed by atoms with E-state index in [2.05, 4.69) is 15.7 Å².